The number of nitrogens with zero attached hydrogens (tertiary/aromatic N) is 3. The molecule has 0 radical (unpaired) electrons. The van der Waals surface area contributed by atoms with Crippen LogP contribution >= 0.6 is 0 Å². The number of carbonyl (C=O) groups excluding carboxylic acids is 1. The van der Waals surface area contributed by atoms with Crippen molar-refractivity contribution < 1.29 is 22.3 Å². The number of methoxy groups -OCH3 is 1. The predicted molar refractivity (Wildman–Crippen MR) is 124 cm³/mol. The lowest BCUT2D eigenvalue weighted by Gasteiger charge is -2.29. The highest BCUT2D eigenvalue weighted by Gasteiger charge is 2.48. The van der Waals surface area contributed by atoms with Gasteiger partial charge >= 0.3 is 0 Å². The molecule has 1 aliphatic heterocycles. The summed E-state index contributed by atoms with van der Waals surface area (Å²) in [6.07, 6.45) is 1.43. The molecule has 1 aromatic carbocycles. The Morgan fingerprint density at radius 2 is 1.94 bits per heavy atom. The van der Waals surface area contributed by atoms with Gasteiger partial charge in [0, 0.05) is 24.8 Å². The van der Waals surface area contributed by atoms with E-state index < -0.39 is 32.0 Å². The monoisotopic (exact) mass is 477 g/mol. The lowest BCUT2D eigenvalue weighted by molar-refractivity contribution is 0.102. The lowest BCUT2D eigenvalue weighted by atomic mass is 9.91. The molecule has 11 heteroatoms. The number of hydrogen-bond donors (Lipinski definition) is 2. The summed E-state index contributed by atoms with van der Waals surface area (Å²) in [6, 6.07) is 5.72. The van der Waals surface area contributed by atoms with Gasteiger partial charge in [-0.3, -0.25) is 9.79 Å². The van der Waals surface area contributed by atoms with Crippen LogP contribution in [0.5, 0.6) is 5.75 Å². The third-order valence-electron chi connectivity index (χ3n) is 5.88. The van der Waals surface area contributed by atoms with Gasteiger partial charge in [-0.05, 0) is 57.5 Å². The average Bonchev–Trinajstić information content (AvgIpc) is 2.77. The van der Waals surface area contributed by atoms with E-state index in [4.69, 9.17) is 10.5 Å². The molecule has 0 bridgehead atoms. The first-order valence-electron chi connectivity index (χ1n) is 10.2. The van der Waals surface area contributed by atoms with Gasteiger partial charge in [0.25, 0.3) is 5.91 Å². The molecule has 1 unspecified atom stereocenters. The standard InChI is InChI=1S/C22H28FN5O4S/c1-13-9-15(32-6)11-25-18(13)19(29)26-14-7-8-17(23)16(10-14)22(4)12-28(5)33(30,31)21(2,3)20(24)27-22/h7-11H,12H2,1-6H3,(H2,24,27)(H,26,29). The summed E-state index contributed by atoms with van der Waals surface area (Å²) in [7, 11) is -0.915. The van der Waals surface area contributed by atoms with Crippen molar-refractivity contribution in [1.29, 1.82) is 0 Å². The minimum Gasteiger partial charge on any atom is -0.495 e. The van der Waals surface area contributed by atoms with Gasteiger partial charge in [0.15, 0.2) is 0 Å². The first-order chi connectivity index (χ1) is 15.2. The molecule has 3 N–H and O–H groups in total. The lowest BCUT2D eigenvalue weighted by Crippen LogP contribution is -2.50. The molecule has 0 fully saturated rings. The molecule has 0 saturated heterocycles. The number of likely N-dealkylation sites (N-methyl/N-ethyl adjacent to an activating group) is 1. The van der Waals surface area contributed by atoms with Gasteiger partial charge in [-0.15, -0.1) is 0 Å². The summed E-state index contributed by atoms with van der Waals surface area (Å²) in [4.78, 5) is 21.3. The van der Waals surface area contributed by atoms with Crippen molar-refractivity contribution in [1.82, 2.24) is 9.29 Å². The number of nitrogens with two attached hydrogens (primary N) is 1. The van der Waals surface area contributed by atoms with Gasteiger partial charge in [0.1, 0.15) is 33.4 Å². The fourth-order valence-electron chi connectivity index (χ4n) is 3.73. The second-order valence-electron chi connectivity index (χ2n) is 8.73. The number of aryl methyl sites for hydroxylation is 1. The van der Waals surface area contributed by atoms with E-state index in [1.54, 1.807) is 19.9 Å². The number of halogens is 1. The minimum atomic E-state index is -3.83. The summed E-state index contributed by atoms with van der Waals surface area (Å²) in [5.74, 6) is -0.688. The predicted octanol–water partition coefficient (Wildman–Crippen LogP) is 2.42. The van der Waals surface area contributed by atoms with E-state index in [0.29, 0.717) is 17.0 Å². The van der Waals surface area contributed by atoms with Crippen LogP contribution in [0.2, 0.25) is 0 Å². The van der Waals surface area contributed by atoms with Crippen molar-refractivity contribution in [3.8, 4) is 5.75 Å². The fraction of sp³-hybridized carbons (Fsp3) is 0.409. The molecular formula is C22H28FN5O4S. The van der Waals surface area contributed by atoms with Crippen LogP contribution in [0.25, 0.3) is 0 Å². The van der Waals surface area contributed by atoms with Gasteiger partial charge in [-0.1, -0.05) is 0 Å². The number of sulfonamides is 1. The van der Waals surface area contributed by atoms with E-state index in [9.17, 15) is 17.6 Å². The quantitative estimate of drug-likeness (QED) is 0.696. The molecule has 33 heavy (non-hydrogen) atoms. The van der Waals surface area contributed by atoms with E-state index >= 15 is 0 Å². The zero-order chi connectivity index (χ0) is 24.8. The second kappa shape index (κ2) is 8.38. The Morgan fingerprint density at radius 1 is 1.27 bits per heavy atom. The van der Waals surface area contributed by atoms with Crippen molar-refractivity contribution in [2.45, 2.75) is 38.0 Å². The molecule has 0 spiro atoms. The number of benzene rings is 1. The van der Waals surface area contributed by atoms with E-state index in [1.807, 2.05) is 0 Å². The molecule has 3 rings (SSSR count). The van der Waals surface area contributed by atoms with Crippen molar-refractivity contribution in [3.63, 3.8) is 0 Å². The second-order valence-corrected chi connectivity index (χ2v) is 11.3. The SMILES string of the molecule is COc1cnc(C(=O)Nc2ccc(F)c(C3(C)CN(C)S(=O)(=O)C(C)(C)C(N)=N3)c2)c(C)c1. The maximum Gasteiger partial charge on any atom is 0.274 e. The highest BCUT2D eigenvalue weighted by Crippen LogP contribution is 2.36. The molecule has 0 aliphatic carbocycles. The average molecular weight is 478 g/mol. The fourth-order valence-corrected chi connectivity index (χ4v) is 5.24. The van der Waals surface area contributed by atoms with Gasteiger partial charge < -0.3 is 15.8 Å². The van der Waals surface area contributed by atoms with E-state index in [2.05, 4.69) is 15.3 Å². The summed E-state index contributed by atoms with van der Waals surface area (Å²) in [5.41, 5.74) is 5.96. The highest BCUT2D eigenvalue weighted by atomic mass is 32.2. The van der Waals surface area contributed by atoms with Crippen LogP contribution in [0.15, 0.2) is 35.5 Å². The Kier molecular flexibility index (Phi) is 6.24. The normalized spacial score (nSPS) is 22.2. The van der Waals surface area contributed by atoms with Crippen LogP contribution < -0.4 is 15.8 Å². The number of ether oxygens (including phenoxy) is 1. The van der Waals surface area contributed by atoms with Gasteiger partial charge in [0.05, 0.1) is 13.3 Å². The molecule has 1 atom stereocenters. The summed E-state index contributed by atoms with van der Waals surface area (Å²) >= 11 is 0. The topological polar surface area (TPSA) is 127 Å². The maximum absolute atomic E-state index is 15.0. The zero-order valence-electron chi connectivity index (χ0n) is 19.4. The van der Waals surface area contributed by atoms with Crippen LogP contribution in [0, 0.1) is 12.7 Å². The van der Waals surface area contributed by atoms with E-state index in [-0.39, 0.29) is 23.6 Å². The van der Waals surface area contributed by atoms with Crippen molar-refractivity contribution in [2.75, 3.05) is 26.0 Å². The Balaban J connectivity index is 2.01. The Morgan fingerprint density at radius 3 is 2.55 bits per heavy atom. The third kappa shape index (κ3) is 4.30. The van der Waals surface area contributed by atoms with E-state index in [0.717, 1.165) is 4.31 Å². The molecule has 9 nitrogen and oxygen atoms in total. The number of amidine groups is 1. The third-order valence-corrected chi connectivity index (χ3v) is 8.33. The van der Waals surface area contributed by atoms with Crippen LogP contribution in [-0.2, 0) is 15.6 Å². The number of carbonyl (C=O) groups is 1. The van der Waals surface area contributed by atoms with E-state index in [1.165, 1.54) is 52.4 Å². The van der Waals surface area contributed by atoms with Gasteiger partial charge in [0.2, 0.25) is 10.0 Å². The number of aromatic nitrogens is 1. The molecule has 1 aromatic heterocycles. The Labute approximate surface area is 192 Å². The first kappa shape index (κ1) is 24.6. The number of amides is 1. The number of aliphatic imine (C=N–C) groups is 1. The highest BCUT2D eigenvalue weighted by molar-refractivity contribution is 7.91. The van der Waals surface area contributed by atoms with Crippen LogP contribution in [0.1, 0.15) is 42.4 Å². The summed E-state index contributed by atoms with van der Waals surface area (Å²) in [6.45, 7) is 6.11. The number of pyridine rings is 1. The molecule has 178 valence electrons. The molecule has 2 aromatic rings. The Bertz CT molecular complexity index is 1250. The van der Waals surface area contributed by atoms with Crippen LogP contribution in [-0.4, -0.2) is 54.9 Å². The largest absolute Gasteiger partial charge is 0.495 e. The van der Waals surface area contributed by atoms with Crippen molar-refractivity contribution in [3.05, 3.63) is 53.1 Å². The molecular weight excluding hydrogens is 449 g/mol. The Hall–Kier alpha value is -3.05. The number of anilines is 1. The van der Waals surface area contributed by atoms with Crippen molar-refractivity contribution in [2.24, 2.45) is 10.7 Å². The molecule has 1 aliphatic rings. The maximum atomic E-state index is 15.0. The van der Waals surface area contributed by atoms with Crippen LogP contribution in [0.4, 0.5) is 10.1 Å². The molecule has 1 amide bonds. The number of nitrogens with one attached hydrogen (secondary N) is 1. The molecule has 2 heterocycles. The van der Waals surface area contributed by atoms with Gasteiger partial charge in [-0.25, -0.2) is 22.1 Å². The zero-order valence-corrected chi connectivity index (χ0v) is 20.2. The summed E-state index contributed by atoms with van der Waals surface area (Å²) < 4.78 is 45.6. The molecule has 0 saturated carbocycles. The smallest absolute Gasteiger partial charge is 0.274 e. The number of hydrogen-bond acceptors (Lipinski definition) is 7. The van der Waals surface area contributed by atoms with Crippen molar-refractivity contribution >= 4 is 27.5 Å². The van der Waals surface area contributed by atoms with Crippen LogP contribution in [0.3, 0.4) is 0 Å². The first-order valence-corrected chi connectivity index (χ1v) is 11.6. The minimum absolute atomic E-state index is 0.0995. The number of rotatable bonds is 4. The summed E-state index contributed by atoms with van der Waals surface area (Å²) in [5, 5.41) is 2.71. The van der Waals surface area contributed by atoms with Gasteiger partial charge in [-0.2, -0.15) is 0 Å².